The second-order valence-corrected chi connectivity index (χ2v) is 7.48. The molecular weight excluding hydrogens is 180 g/mol. The number of hydrogen-bond donors (Lipinski definition) is 0. The molecule has 84 valence electrons. The van der Waals surface area contributed by atoms with Crippen LogP contribution in [0.25, 0.3) is 0 Å². The zero-order valence-electron chi connectivity index (χ0n) is 10.8. The molecule has 0 unspecified atom stereocenters. The van der Waals surface area contributed by atoms with Gasteiger partial charge in [0.2, 0.25) is 0 Å². The van der Waals surface area contributed by atoms with Crippen LogP contribution in [0.4, 0.5) is 0 Å². The molecule has 3 fully saturated rings. The van der Waals surface area contributed by atoms with Crippen molar-refractivity contribution in [1.29, 1.82) is 0 Å². The fraction of sp³-hybridized carbons (Fsp3) is 0.933. The van der Waals surface area contributed by atoms with Gasteiger partial charge >= 0.3 is 0 Å². The van der Waals surface area contributed by atoms with E-state index in [2.05, 4.69) is 27.7 Å². The molecule has 0 radical (unpaired) electrons. The zero-order chi connectivity index (χ0) is 10.8. The predicted molar refractivity (Wildman–Crippen MR) is 64.4 cm³/mol. The van der Waals surface area contributed by atoms with E-state index in [0.717, 1.165) is 17.8 Å². The third-order valence-electron chi connectivity index (χ3n) is 6.04. The van der Waals surface area contributed by atoms with Gasteiger partial charge in [-0.25, -0.2) is 0 Å². The fourth-order valence-corrected chi connectivity index (χ4v) is 5.64. The Morgan fingerprint density at radius 1 is 1.13 bits per heavy atom. The quantitative estimate of drug-likeness (QED) is 0.512. The third-order valence-corrected chi connectivity index (χ3v) is 6.04. The Morgan fingerprint density at radius 2 is 1.87 bits per heavy atom. The lowest BCUT2D eigenvalue weighted by Gasteiger charge is -2.36. The summed E-state index contributed by atoms with van der Waals surface area (Å²) in [5.74, 6) is 4.90. The van der Waals surface area contributed by atoms with Crippen LogP contribution in [0.1, 0.15) is 59.8 Å². The average molecular weight is 205 g/mol. The minimum absolute atomic E-state index is 0.624. The summed E-state index contributed by atoms with van der Waals surface area (Å²) in [5.41, 5.74) is 1.32. The van der Waals surface area contributed by atoms with Crippen molar-refractivity contribution in [2.24, 2.45) is 28.6 Å². The molecule has 0 aliphatic heterocycles. The Balaban J connectivity index is 2.00. The average Bonchev–Trinajstić information content (AvgIpc) is 2.53. The summed E-state index contributed by atoms with van der Waals surface area (Å²) in [5, 5.41) is 0. The van der Waals surface area contributed by atoms with Crippen LogP contribution in [0.5, 0.6) is 0 Å². The molecule has 0 nitrogen and oxygen atoms in total. The van der Waals surface area contributed by atoms with Gasteiger partial charge in [-0.15, -0.1) is 0 Å². The Labute approximate surface area is 94.8 Å². The van der Waals surface area contributed by atoms with Crippen molar-refractivity contribution >= 4 is 0 Å². The molecule has 0 N–H and O–H groups in total. The molecule has 3 saturated carbocycles. The van der Waals surface area contributed by atoms with Crippen molar-refractivity contribution in [1.82, 2.24) is 0 Å². The SMILES string of the molecule is C[C+]1CC[C@@H]2[C@H]3[C@H]1CC[C@@]3(C)CC2(C)C. The molecule has 0 amide bonds. The standard InChI is InChI=1S/C15H25/c1-10-5-6-12-13-11(10)7-8-15(13,4)9-14(12,2)3/h11-13H,5-9H2,1-4H3/q+1/t11-,12+,13+,15-/m0/s1. The van der Waals surface area contributed by atoms with E-state index >= 15 is 0 Å². The van der Waals surface area contributed by atoms with Gasteiger partial charge in [0, 0.05) is 5.92 Å². The Kier molecular flexibility index (Phi) is 1.85. The Hall–Kier alpha value is -0.130. The van der Waals surface area contributed by atoms with Crippen molar-refractivity contribution in [3.05, 3.63) is 5.92 Å². The predicted octanol–water partition coefficient (Wildman–Crippen LogP) is 4.45. The Bertz CT molecular complexity index is 278. The molecule has 3 aliphatic carbocycles. The molecule has 0 heteroatoms. The zero-order valence-corrected chi connectivity index (χ0v) is 10.8. The van der Waals surface area contributed by atoms with Crippen molar-refractivity contribution in [3.63, 3.8) is 0 Å². The lowest BCUT2D eigenvalue weighted by atomic mass is 9.63. The largest absolute Gasteiger partial charge is 0.104 e. The maximum absolute atomic E-state index is 2.58. The van der Waals surface area contributed by atoms with Gasteiger partial charge in [-0.2, -0.15) is 0 Å². The molecule has 0 aromatic rings. The second-order valence-electron chi connectivity index (χ2n) is 7.48. The summed E-state index contributed by atoms with van der Waals surface area (Å²) >= 11 is 0. The molecule has 15 heavy (non-hydrogen) atoms. The van der Waals surface area contributed by atoms with Gasteiger partial charge in [-0.3, -0.25) is 0 Å². The lowest BCUT2D eigenvalue weighted by molar-refractivity contribution is 0.124. The molecule has 4 atom stereocenters. The van der Waals surface area contributed by atoms with Crippen LogP contribution in [-0.4, -0.2) is 0 Å². The minimum Gasteiger partial charge on any atom is -0.0596 e. The number of rotatable bonds is 0. The molecule has 0 aromatic heterocycles. The highest BCUT2D eigenvalue weighted by Crippen LogP contribution is 2.70. The first-order valence-corrected chi connectivity index (χ1v) is 6.76. The van der Waals surface area contributed by atoms with E-state index in [4.69, 9.17) is 0 Å². The van der Waals surface area contributed by atoms with E-state index in [1.54, 1.807) is 0 Å². The molecule has 0 bridgehead atoms. The molecule has 0 saturated heterocycles. The maximum Gasteiger partial charge on any atom is 0.104 e. The summed E-state index contributed by atoms with van der Waals surface area (Å²) < 4.78 is 0. The van der Waals surface area contributed by atoms with E-state index < -0.39 is 0 Å². The highest BCUT2D eigenvalue weighted by Gasteiger charge is 2.65. The van der Waals surface area contributed by atoms with Crippen LogP contribution in [0.2, 0.25) is 0 Å². The van der Waals surface area contributed by atoms with E-state index in [9.17, 15) is 0 Å². The normalized spacial score (nSPS) is 52.0. The summed E-state index contributed by atoms with van der Waals surface area (Å²) in [6.07, 6.45) is 7.39. The van der Waals surface area contributed by atoms with Crippen molar-refractivity contribution in [2.75, 3.05) is 0 Å². The topological polar surface area (TPSA) is 0 Å². The van der Waals surface area contributed by atoms with Crippen LogP contribution in [0.15, 0.2) is 0 Å². The third kappa shape index (κ3) is 1.17. The molecule has 0 aromatic carbocycles. The lowest BCUT2D eigenvalue weighted by Crippen LogP contribution is -2.34. The van der Waals surface area contributed by atoms with E-state index in [1.807, 2.05) is 5.92 Å². The summed E-state index contributed by atoms with van der Waals surface area (Å²) in [6, 6.07) is 0. The van der Waals surface area contributed by atoms with Gasteiger partial charge in [0.15, 0.2) is 0 Å². The van der Waals surface area contributed by atoms with Gasteiger partial charge in [0.1, 0.15) is 5.92 Å². The molecule has 0 spiro atoms. The van der Waals surface area contributed by atoms with E-state index in [-0.39, 0.29) is 0 Å². The smallest absolute Gasteiger partial charge is 0.0596 e. The van der Waals surface area contributed by atoms with Gasteiger partial charge in [-0.05, 0) is 42.4 Å². The highest BCUT2D eigenvalue weighted by atomic mass is 14.7. The minimum atomic E-state index is 0.624. The van der Waals surface area contributed by atoms with Gasteiger partial charge in [0.05, 0.1) is 19.3 Å². The molecule has 0 heterocycles. The first-order valence-electron chi connectivity index (χ1n) is 6.76. The van der Waals surface area contributed by atoms with Crippen LogP contribution in [-0.2, 0) is 0 Å². The van der Waals surface area contributed by atoms with Crippen molar-refractivity contribution in [3.8, 4) is 0 Å². The monoisotopic (exact) mass is 205 g/mol. The van der Waals surface area contributed by atoms with Crippen LogP contribution in [0.3, 0.4) is 0 Å². The Morgan fingerprint density at radius 3 is 2.60 bits per heavy atom. The van der Waals surface area contributed by atoms with Gasteiger partial charge in [0.25, 0.3) is 0 Å². The molecule has 3 aliphatic rings. The van der Waals surface area contributed by atoms with Crippen molar-refractivity contribution in [2.45, 2.75) is 59.8 Å². The number of hydrogen-bond acceptors (Lipinski definition) is 0. The second kappa shape index (κ2) is 2.76. The van der Waals surface area contributed by atoms with Crippen LogP contribution in [0, 0.1) is 34.5 Å². The van der Waals surface area contributed by atoms with Crippen LogP contribution >= 0.6 is 0 Å². The fourth-order valence-electron chi connectivity index (χ4n) is 5.64. The van der Waals surface area contributed by atoms with Gasteiger partial charge < -0.3 is 0 Å². The van der Waals surface area contributed by atoms with Crippen molar-refractivity contribution < 1.29 is 0 Å². The highest BCUT2D eigenvalue weighted by molar-refractivity contribution is 5.16. The van der Waals surface area contributed by atoms with E-state index in [0.29, 0.717) is 10.8 Å². The first kappa shape index (κ1) is 10.1. The summed E-state index contributed by atoms with van der Waals surface area (Å²) in [7, 11) is 0. The van der Waals surface area contributed by atoms with Crippen LogP contribution < -0.4 is 0 Å². The summed E-state index contributed by atoms with van der Waals surface area (Å²) in [6.45, 7) is 10.1. The summed E-state index contributed by atoms with van der Waals surface area (Å²) in [4.78, 5) is 0. The first-order chi connectivity index (χ1) is 6.94. The van der Waals surface area contributed by atoms with Gasteiger partial charge in [-0.1, -0.05) is 20.8 Å². The maximum atomic E-state index is 2.58. The molecular formula is C15H25+. The van der Waals surface area contributed by atoms with E-state index in [1.165, 1.54) is 32.1 Å². The molecule has 3 rings (SSSR count).